The quantitative estimate of drug-likeness (QED) is 0.387. The van der Waals surface area contributed by atoms with E-state index >= 15 is 0 Å². The molecule has 1 aliphatic rings. The number of aliphatic hydroxyl groups excluding tert-OH is 4. The van der Waals surface area contributed by atoms with Gasteiger partial charge in [-0.15, -0.1) is 0 Å². The van der Waals surface area contributed by atoms with Crippen LogP contribution in [-0.4, -0.2) is 64.8 Å². The van der Waals surface area contributed by atoms with Crippen LogP contribution in [0.25, 0.3) is 0 Å². The van der Waals surface area contributed by atoms with E-state index in [2.05, 4.69) is 0 Å². The van der Waals surface area contributed by atoms with Crippen LogP contribution in [0, 0.1) is 0 Å². The van der Waals surface area contributed by atoms with Gasteiger partial charge in [0.05, 0.1) is 6.61 Å². The van der Waals surface area contributed by atoms with Gasteiger partial charge in [-0.2, -0.15) is 0 Å². The maximum absolute atomic E-state index is 9.28. The van der Waals surface area contributed by atoms with Crippen molar-refractivity contribution in [2.75, 3.05) is 13.7 Å². The van der Waals surface area contributed by atoms with E-state index in [4.69, 9.17) is 14.6 Å². The van der Waals surface area contributed by atoms with Crippen molar-refractivity contribution in [1.29, 1.82) is 0 Å². The molecule has 1 heterocycles. The molecule has 0 aromatic carbocycles. The summed E-state index contributed by atoms with van der Waals surface area (Å²) in [6, 6.07) is 0. The van der Waals surface area contributed by atoms with Crippen LogP contribution in [0.3, 0.4) is 0 Å². The van der Waals surface area contributed by atoms with Gasteiger partial charge >= 0.3 is 0 Å². The van der Waals surface area contributed by atoms with Gasteiger partial charge in [-0.25, -0.2) is 0 Å². The Balaban J connectivity index is 2.66. The molecule has 0 unspecified atom stereocenters. The third kappa shape index (κ3) is 1.98. The highest BCUT2D eigenvalue weighted by molar-refractivity contribution is 4.88. The summed E-state index contributed by atoms with van der Waals surface area (Å²) >= 11 is 0. The zero-order chi connectivity index (χ0) is 10.0. The van der Waals surface area contributed by atoms with E-state index in [0.717, 1.165) is 0 Å². The molecule has 0 aromatic rings. The molecule has 4 N–H and O–H groups in total. The summed E-state index contributed by atoms with van der Waals surface area (Å²) in [5.74, 6) is 0. The molecule has 1 rings (SSSR count). The molecule has 1 fully saturated rings. The fraction of sp³-hybridized carbons (Fsp3) is 1.00. The molecule has 0 bridgehead atoms. The van der Waals surface area contributed by atoms with Crippen LogP contribution < -0.4 is 0 Å². The second-order valence-electron chi connectivity index (χ2n) is 2.93. The minimum atomic E-state index is -1.36. The van der Waals surface area contributed by atoms with Crippen molar-refractivity contribution in [2.45, 2.75) is 30.7 Å². The number of rotatable bonds is 2. The third-order valence-electron chi connectivity index (χ3n) is 2.08. The lowest BCUT2D eigenvalue weighted by atomic mass is 10.0. The molecule has 0 saturated carbocycles. The van der Waals surface area contributed by atoms with Gasteiger partial charge < -0.3 is 29.9 Å². The lowest BCUT2D eigenvalue weighted by Crippen LogP contribution is -2.58. The van der Waals surface area contributed by atoms with Crippen LogP contribution in [-0.2, 0) is 9.47 Å². The van der Waals surface area contributed by atoms with E-state index < -0.39 is 37.3 Å². The first-order valence-corrected chi connectivity index (χ1v) is 3.95. The SMILES string of the molecule is CO[C@H]1O[C@H]([14CH2]O)[C@@H](O)[C@H](O)[C@H]1O. The van der Waals surface area contributed by atoms with Crippen molar-refractivity contribution in [2.24, 2.45) is 0 Å². The molecule has 78 valence electrons. The van der Waals surface area contributed by atoms with Crippen molar-refractivity contribution in [3.8, 4) is 0 Å². The molecule has 0 aromatic heterocycles. The molecule has 13 heavy (non-hydrogen) atoms. The van der Waals surface area contributed by atoms with Gasteiger partial charge in [0.2, 0.25) is 0 Å². The van der Waals surface area contributed by atoms with Crippen LogP contribution >= 0.6 is 0 Å². The zero-order valence-electron chi connectivity index (χ0n) is 7.20. The number of hydrogen-bond donors (Lipinski definition) is 4. The molecule has 1 saturated heterocycles. The van der Waals surface area contributed by atoms with E-state index in [-0.39, 0.29) is 0 Å². The predicted octanol–water partition coefficient (Wildman–Crippen LogP) is -2.57. The Bertz CT molecular complexity index is 143. The molecule has 1 aliphatic heterocycles. The zero-order valence-corrected chi connectivity index (χ0v) is 7.20. The standard InChI is InChI=1S/C7H14O6/c1-12-7-6(11)5(10)4(9)3(2-8)13-7/h3-11H,2H2,1H3/t3-,4-,5+,6-,7+/m1/s1/i2+2. The smallest absolute Gasteiger partial charge is 0.186 e. The topological polar surface area (TPSA) is 99.4 Å². The van der Waals surface area contributed by atoms with E-state index in [0.29, 0.717) is 0 Å². The summed E-state index contributed by atoms with van der Waals surface area (Å²) in [4.78, 5) is 0. The second-order valence-corrected chi connectivity index (χ2v) is 2.93. The summed E-state index contributed by atoms with van der Waals surface area (Å²) < 4.78 is 9.65. The summed E-state index contributed by atoms with van der Waals surface area (Å²) in [5.41, 5.74) is 0. The highest BCUT2D eigenvalue weighted by Crippen LogP contribution is 2.20. The van der Waals surface area contributed by atoms with Gasteiger partial charge in [-0.1, -0.05) is 0 Å². The van der Waals surface area contributed by atoms with E-state index in [9.17, 15) is 15.3 Å². The van der Waals surface area contributed by atoms with Crippen LogP contribution in [0.2, 0.25) is 0 Å². The molecule has 6 heteroatoms. The van der Waals surface area contributed by atoms with Gasteiger partial charge in [-0.05, 0) is 0 Å². The predicted molar refractivity (Wildman–Crippen MR) is 40.8 cm³/mol. The van der Waals surface area contributed by atoms with Gasteiger partial charge in [0, 0.05) is 7.11 Å². The number of methoxy groups -OCH3 is 1. The minimum absolute atomic E-state index is 0.440. The molecule has 6 nitrogen and oxygen atoms in total. The molecule has 5 atom stereocenters. The first-order chi connectivity index (χ1) is 6.11. The highest BCUT2D eigenvalue weighted by Gasteiger charge is 2.43. The van der Waals surface area contributed by atoms with Crippen LogP contribution in [0.15, 0.2) is 0 Å². The first kappa shape index (κ1) is 10.8. The summed E-state index contributed by atoms with van der Waals surface area (Å²) in [6.45, 7) is -0.440. The molecular weight excluding hydrogens is 182 g/mol. The maximum atomic E-state index is 9.28. The van der Waals surface area contributed by atoms with Gasteiger partial charge in [0.25, 0.3) is 0 Å². The summed E-state index contributed by atoms with van der Waals surface area (Å²) in [6.07, 6.45) is -5.91. The largest absolute Gasteiger partial charge is 0.394 e. The van der Waals surface area contributed by atoms with Crippen molar-refractivity contribution >= 4 is 0 Å². The molecule has 0 amide bonds. The van der Waals surface area contributed by atoms with Crippen molar-refractivity contribution < 1.29 is 29.9 Å². The normalized spacial score (nSPS) is 46.4. The summed E-state index contributed by atoms with van der Waals surface area (Å²) in [5, 5.41) is 36.6. The average molecular weight is 196 g/mol. The van der Waals surface area contributed by atoms with E-state index in [1.165, 1.54) is 7.11 Å². The average Bonchev–Trinajstić information content (AvgIpc) is 2.15. The number of ether oxygens (including phenoxy) is 2. The fourth-order valence-electron chi connectivity index (χ4n) is 1.26. The van der Waals surface area contributed by atoms with Crippen molar-refractivity contribution in [3.05, 3.63) is 0 Å². The van der Waals surface area contributed by atoms with E-state index in [1.807, 2.05) is 0 Å². The van der Waals surface area contributed by atoms with Crippen LogP contribution in [0.1, 0.15) is 0 Å². The Labute approximate surface area is 75.3 Å². The molecule has 0 spiro atoms. The lowest BCUT2D eigenvalue weighted by Gasteiger charge is -2.38. The Morgan fingerprint density at radius 1 is 1.15 bits per heavy atom. The van der Waals surface area contributed by atoms with Crippen LogP contribution in [0.5, 0.6) is 0 Å². The van der Waals surface area contributed by atoms with Gasteiger partial charge in [0.1, 0.15) is 24.4 Å². The molecule has 0 radical (unpaired) electrons. The van der Waals surface area contributed by atoms with Gasteiger partial charge in [0.15, 0.2) is 6.29 Å². The van der Waals surface area contributed by atoms with Crippen molar-refractivity contribution in [1.82, 2.24) is 0 Å². The number of aliphatic hydroxyl groups is 4. The molecular formula is C7H14O6. The Hall–Kier alpha value is -0.240. The lowest BCUT2D eigenvalue weighted by molar-refractivity contribution is -0.294. The monoisotopic (exact) mass is 196 g/mol. The maximum Gasteiger partial charge on any atom is 0.186 e. The number of hydrogen-bond acceptors (Lipinski definition) is 6. The van der Waals surface area contributed by atoms with E-state index in [1.54, 1.807) is 0 Å². The third-order valence-corrected chi connectivity index (χ3v) is 2.08. The second kappa shape index (κ2) is 4.32. The Morgan fingerprint density at radius 2 is 1.77 bits per heavy atom. The van der Waals surface area contributed by atoms with Crippen molar-refractivity contribution in [3.63, 3.8) is 0 Å². The minimum Gasteiger partial charge on any atom is -0.394 e. The fourth-order valence-corrected chi connectivity index (χ4v) is 1.26. The molecule has 0 aliphatic carbocycles. The highest BCUT2D eigenvalue weighted by atomic mass is 16.7. The Kier molecular flexibility index (Phi) is 3.60. The first-order valence-electron chi connectivity index (χ1n) is 3.95. The van der Waals surface area contributed by atoms with Gasteiger partial charge in [-0.3, -0.25) is 0 Å². The Morgan fingerprint density at radius 3 is 2.23 bits per heavy atom. The summed E-state index contributed by atoms with van der Waals surface area (Å²) in [7, 11) is 1.30. The van der Waals surface area contributed by atoms with Crippen LogP contribution in [0.4, 0.5) is 0 Å².